The van der Waals surface area contributed by atoms with Gasteiger partial charge in [-0.1, -0.05) is 37.6 Å². The smallest absolute Gasteiger partial charge is 0.222 e. The predicted molar refractivity (Wildman–Crippen MR) is 126 cm³/mol. The zero-order chi connectivity index (χ0) is 19.1. The van der Waals surface area contributed by atoms with Crippen LogP contribution in [-0.2, 0) is 17.8 Å². The average molecular weight is 498 g/mol. The van der Waals surface area contributed by atoms with Crippen molar-refractivity contribution in [3.63, 3.8) is 0 Å². The molecular formula is C22H35IN4O. The maximum absolute atomic E-state index is 12.5. The number of amides is 1. The molecule has 1 aliphatic carbocycles. The van der Waals surface area contributed by atoms with Crippen LogP contribution >= 0.6 is 24.0 Å². The number of guanidine groups is 1. The third kappa shape index (κ3) is 5.84. The number of carbonyl (C=O) groups is 1. The lowest BCUT2D eigenvalue weighted by atomic mass is 9.67. The van der Waals surface area contributed by atoms with Crippen molar-refractivity contribution in [2.45, 2.75) is 58.4 Å². The lowest BCUT2D eigenvalue weighted by Gasteiger charge is -2.41. The molecule has 1 aromatic rings. The summed E-state index contributed by atoms with van der Waals surface area (Å²) in [6.07, 6.45) is 7.61. The first-order valence-corrected chi connectivity index (χ1v) is 10.4. The van der Waals surface area contributed by atoms with E-state index in [1.54, 1.807) is 0 Å². The van der Waals surface area contributed by atoms with Crippen molar-refractivity contribution in [3.05, 3.63) is 35.4 Å². The summed E-state index contributed by atoms with van der Waals surface area (Å²) in [7, 11) is 1.81. The van der Waals surface area contributed by atoms with Crippen LogP contribution < -0.4 is 10.6 Å². The Balaban J connectivity index is 0.00000280. The standard InChI is InChI=1S/C22H34N4O.HI/c1-3-22(12-7-13-22)17-25-21(23-2)24-14-6-10-20(27)26-15-11-18-8-4-5-9-19(18)16-26;/h4-5,8-9H,3,6-7,10-17H2,1-2H3,(H2,23,24,25);1H. The van der Waals surface area contributed by atoms with E-state index in [-0.39, 0.29) is 29.9 Å². The Morgan fingerprint density at radius 2 is 1.96 bits per heavy atom. The Kier molecular flexibility index (Phi) is 9.05. The highest BCUT2D eigenvalue weighted by molar-refractivity contribution is 14.0. The average Bonchev–Trinajstić information content (AvgIpc) is 2.68. The molecular weight excluding hydrogens is 463 g/mol. The third-order valence-corrected chi connectivity index (χ3v) is 6.36. The van der Waals surface area contributed by atoms with E-state index >= 15 is 0 Å². The van der Waals surface area contributed by atoms with Crippen LogP contribution in [0.1, 0.15) is 56.6 Å². The molecule has 2 aliphatic rings. The van der Waals surface area contributed by atoms with Crippen molar-refractivity contribution < 1.29 is 4.79 Å². The highest BCUT2D eigenvalue weighted by Gasteiger charge is 2.34. The number of fused-ring (bicyclic) bond motifs is 1. The quantitative estimate of drug-likeness (QED) is 0.261. The maximum atomic E-state index is 12.5. The molecule has 5 nitrogen and oxygen atoms in total. The summed E-state index contributed by atoms with van der Waals surface area (Å²) in [5.41, 5.74) is 3.15. The number of hydrogen-bond acceptors (Lipinski definition) is 2. The molecule has 28 heavy (non-hydrogen) atoms. The molecule has 0 radical (unpaired) electrons. The fourth-order valence-corrected chi connectivity index (χ4v) is 4.14. The molecule has 1 aromatic carbocycles. The zero-order valence-corrected chi connectivity index (χ0v) is 19.6. The summed E-state index contributed by atoms with van der Waals surface area (Å²) in [4.78, 5) is 18.8. The molecule has 2 N–H and O–H groups in total. The molecule has 0 unspecified atom stereocenters. The van der Waals surface area contributed by atoms with Gasteiger partial charge in [0.1, 0.15) is 0 Å². The van der Waals surface area contributed by atoms with E-state index < -0.39 is 0 Å². The summed E-state index contributed by atoms with van der Waals surface area (Å²) < 4.78 is 0. The topological polar surface area (TPSA) is 56.7 Å². The normalized spacial score (nSPS) is 17.8. The monoisotopic (exact) mass is 498 g/mol. The number of hydrogen-bond donors (Lipinski definition) is 2. The van der Waals surface area contributed by atoms with Gasteiger partial charge >= 0.3 is 0 Å². The van der Waals surface area contributed by atoms with E-state index in [0.717, 1.165) is 45.0 Å². The second-order valence-electron chi connectivity index (χ2n) is 8.00. The van der Waals surface area contributed by atoms with Crippen LogP contribution in [0.2, 0.25) is 0 Å². The van der Waals surface area contributed by atoms with Crippen LogP contribution in [0, 0.1) is 5.41 Å². The lowest BCUT2D eigenvalue weighted by molar-refractivity contribution is -0.132. The van der Waals surface area contributed by atoms with Gasteiger partial charge in [0.15, 0.2) is 5.96 Å². The Labute approximate surface area is 186 Å². The minimum absolute atomic E-state index is 0. The lowest BCUT2D eigenvalue weighted by Crippen LogP contribution is -2.46. The van der Waals surface area contributed by atoms with Crippen LogP contribution in [0.15, 0.2) is 29.3 Å². The van der Waals surface area contributed by atoms with E-state index in [1.807, 2.05) is 11.9 Å². The van der Waals surface area contributed by atoms with Crippen LogP contribution in [0.4, 0.5) is 0 Å². The Morgan fingerprint density at radius 3 is 2.61 bits per heavy atom. The molecule has 0 aromatic heterocycles. The van der Waals surface area contributed by atoms with Crippen molar-refractivity contribution in [2.75, 3.05) is 26.7 Å². The Hall–Kier alpha value is -1.31. The van der Waals surface area contributed by atoms with E-state index in [0.29, 0.717) is 11.8 Å². The van der Waals surface area contributed by atoms with Gasteiger partial charge in [-0.05, 0) is 48.6 Å². The van der Waals surface area contributed by atoms with Gasteiger partial charge in [0.25, 0.3) is 0 Å². The fraction of sp³-hybridized carbons (Fsp3) is 0.636. The minimum atomic E-state index is 0. The van der Waals surface area contributed by atoms with Crippen LogP contribution in [-0.4, -0.2) is 43.4 Å². The van der Waals surface area contributed by atoms with Gasteiger partial charge in [0.2, 0.25) is 5.91 Å². The molecule has 0 bridgehead atoms. The van der Waals surface area contributed by atoms with Crippen molar-refractivity contribution in [3.8, 4) is 0 Å². The van der Waals surface area contributed by atoms with Gasteiger partial charge in [0.05, 0.1) is 0 Å². The van der Waals surface area contributed by atoms with E-state index in [4.69, 9.17) is 0 Å². The third-order valence-electron chi connectivity index (χ3n) is 6.36. The van der Waals surface area contributed by atoms with Crippen LogP contribution in [0.3, 0.4) is 0 Å². The maximum Gasteiger partial charge on any atom is 0.222 e. The molecule has 1 saturated carbocycles. The van der Waals surface area contributed by atoms with Gasteiger partial charge in [-0.3, -0.25) is 9.79 Å². The molecule has 1 amide bonds. The number of carbonyl (C=O) groups excluding carboxylic acids is 1. The van der Waals surface area contributed by atoms with E-state index in [9.17, 15) is 4.79 Å². The molecule has 3 rings (SSSR count). The van der Waals surface area contributed by atoms with Crippen molar-refractivity contribution in [1.29, 1.82) is 0 Å². The Bertz CT molecular complexity index is 667. The molecule has 156 valence electrons. The van der Waals surface area contributed by atoms with Gasteiger partial charge < -0.3 is 15.5 Å². The Morgan fingerprint density at radius 1 is 1.21 bits per heavy atom. The van der Waals surface area contributed by atoms with Gasteiger partial charge in [-0.25, -0.2) is 0 Å². The van der Waals surface area contributed by atoms with Gasteiger partial charge in [-0.2, -0.15) is 0 Å². The van der Waals surface area contributed by atoms with E-state index in [1.165, 1.54) is 36.8 Å². The molecule has 0 atom stereocenters. The number of aliphatic imine (C=N–C) groups is 1. The summed E-state index contributed by atoms with van der Waals surface area (Å²) in [6, 6.07) is 8.45. The van der Waals surface area contributed by atoms with Crippen molar-refractivity contribution in [2.24, 2.45) is 10.4 Å². The predicted octanol–water partition coefficient (Wildman–Crippen LogP) is 3.71. The number of halogens is 1. The van der Waals surface area contributed by atoms with Crippen LogP contribution in [0.25, 0.3) is 0 Å². The summed E-state index contributed by atoms with van der Waals surface area (Å²) >= 11 is 0. The molecule has 1 heterocycles. The summed E-state index contributed by atoms with van der Waals surface area (Å²) in [6.45, 7) is 5.64. The second-order valence-corrected chi connectivity index (χ2v) is 8.00. The summed E-state index contributed by atoms with van der Waals surface area (Å²) in [5.74, 6) is 1.11. The number of rotatable bonds is 7. The highest BCUT2D eigenvalue weighted by Crippen LogP contribution is 2.42. The van der Waals surface area contributed by atoms with Crippen molar-refractivity contribution in [1.82, 2.24) is 15.5 Å². The highest BCUT2D eigenvalue weighted by atomic mass is 127. The first-order valence-electron chi connectivity index (χ1n) is 10.4. The molecule has 0 spiro atoms. The first kappa shape index (κ1) is 23.0. The summed E-state index contributed by atoms with van der Waals surface area (Å²) in [5, 5.41) is 6.83. The van der Waals surface area contributed by atoms with Gasteiger partial charge in [-0.15, -0.1) is 24.0 Å². The number of benzene rings is 1. The van der Waals surface area contributed by atoms with E-state index in [2.05, 4.69) is 46.8 Å². The second kappa shape index (κ2) is 11.0. The zero-order valence-electron chi connectivity index (χ0n) is 17.3. The molecule has 1 fully saturated rings. The largest absolute Gasteiger partial charge is 0.356 e. The minimum Gasteiger partial charge on any atom is -0.356 e. The fourth-order valence-electron chi connectivity index (χ4n) is 4.14. The number of nitrogens with zero attached hydrogens (tertiary/aromatic N) is 2. The van der Waals surface area contributed by atoms with Crippen LogP contribution in [0.5, 0.6) is 0 Å². The van der Waals surface area contributed by atoms with Crippen molar-refractivity contribution >= 4 is 35.8 Å². The molecule has 6 heteroatoms. The SMILES string of the molecule is CCC1(CNC(=NC)NCCCC(=O)N2CCc3ccccc3C2)CCC1.I. The molecule has 0 saturated heterocycles. The number of nitrogens with one attached hydrogen (secondary N) is 2. The first-order chi connectivity index (χ1) is 13.2. The van der Waals surface area contributed by atoms with Gasteiger partial charge in [0, 0.05) is 39.6 Å². The molecule has 1 aliphatic heterocycles.